The van der Waals surface area contributed by atoms with Crippen molar-refractivity contribution in [2.24, 2.45) is 0 Å². The fraction of sp³-hybridized carbons (Fsp3) is 0.696. The van der Waals surface area contributed by atoms with Crippen molar-refractivity contribution in [1.82, 2.24) is 4.90 Å². The van der Waals surface area contributed by atoms with Gasteiger partial charge in [0.05, 0.1) is 17.2 Å². The fourth-order valence-corrected chi connectivity index (χ4v) is 4.05. The third kappa shape index (κ3) is 4.52. The van der Waals surface area contributed by atoms with Crippen LogP contribution >= 0.6 is 0 Å². The minimum Gasteiger partial charge on any atom is -0.444 e. The number of piperidine rings is 1. The van der Waals surface area contributed by atoms with E-state index in [4.69, 9.17) is 14.0 Å². The summed E-state index contributed by atoms with van der Waals surface area (Å²) in [7, 11) is -0.752. The quantitative estimate of drug-likeness (QED) is 0.641. The molecule has 1 amide bonds. The van der Waals surface area contributed by atoms with Gasteiger partial charge in [-0.25, -0.2) is 9.18 Å². The molecule has 0 spiro atoms. The molecule has 0 aromatic heterocycles. The second kappa shape index (κ2) is 7.83. The van der Waals surface area contributed by atoms with Gasteiger partial charge in [-0.15, -0.1) is 0 Å². The average molecular weight is 419 g/mol. The summed E-state index contributed by atoms with van der Waals surface area (Å²) >= 11 is 0. The molecule has 3 rings (SSSR count). The minimum absolute atomic E-state index is 0.200. The highest BCUT2D eigenvalue weighted by molar-refractivity contribution is 6.62. The van der Waals surface area contributed by atoms with Gasteiger partial charge in [-0.2, -0.15) is 0 Å². The van der Waals surface area contributed by atoms with E-state index in [1.165, 1.54) is 6.07 Å². The molecule has 2 heterocycles. The number of carbonyl (C=O) groups is 1. The molecule has 2 saturated heterocycles. The lowest BCUT2D eigenvalue weighted by Gasteiger charge is -2.37. The number of carbonyl (C=O) groups excluding carboxylic acids is 1. The Morgan fingerprint density at radius 1 is 1.17 bits per heavy atom. The topological polar surface area (TPSA) is 48.0 Å². The van der Waals surface area contributed by atoms with E-state index in [0.29, 0.717) is 12.0 Å². The van der Waals surface area contributed by atoms with Crippen molar-refractivity contribution in [2.45, 2.75) is 97.5 Å². The van der Waals surface area contributed by atoms with E-state index >= 15 is 4.39 Å². The van der Waals surface area contributed by atoms with Crippen LogP contribution in [-0.4, -0.2) is 41.5 Å². The van der Waals surface area contributed by atoms with E-state index in [1.54, 1.807) is 4.90 Å². The van der Waals surface area contributed by atoms with Crippen LogP contribution in [0.2, 0.25) is 0 Å². The molecule has 2 aliphatic heterocycles. The van der Waals surface area contributed by atoms with Gasteiger partial charge in [-0.1, -0.05) is 6.07 Å². The lowest BCUT2D eigenvalue weighted by molar-refractivity contribution is 0.00578. The van der Waals surface area contributed by atoms with Crippen molar-refractivity contribution >= 4 is 18.7 Å². The van der Waals surface area contributed by atoms with Crippen LogP contribution in [-0.2, 0) is 14.0 Å². The third-order valence-corrected chi connectivity index (χ3v) is 6.36. The molecule has 0 radical (unpaired) electrons. The Labute approximate surface area is 180 Å². The molecule has 1 aromatic carbocycles. The van der Waals surface area contributed by atoms with Crippen molar-refractivity contribution in [1.29, 1.82) is 0 Å². The highest BCUT2D eigenvalue weighted by atomic mass is 19.1. The first kappa shape index (κ1) is 23.1. The number of hydrogen-bond donors (Lipinski definition) is 0. The smallest absolute Gasteiger partial charge is 0.444 e. The Bertz CT molecular complexity index is 779. The van der Waals surface area contributed by atoms with E-state index in [-0.39, 0.29) is 18.0 Å². The Morgan fingerprint density at radius 3 is 2.30 bits per heavy atom. The standard InChI is InChI=1S/C23H35BFNO4/c1-15-13-16(18-11-9-10-12-26(18)20(27)28-21(2,3)4)14-17(25)19(15)24-29-22(5,6)23(7,8)30-24/h13-14,18H,9-12H2,1-8H3. The lowest BCUT2D eigenvalue weighted by Crippen LogP contribution is -2.42. The van der Waals surface area contributed by atoms with Gasteiger partial charge in [0.25, 0.3) is 0 Å². The molecule has 0 N–H and O–H groups in total. The Hall–Kier alpha value is -1.60. The molecule has 1 atom stereocenters. The molecule has 0 saturated carbocycles. The molecule has 2 fully saturated rings. The Kier molecular flexibility index (Phi) is 6.02. The maximum atomic E-state index is 15.3. The van der Waals surface area contributed by atoms with E-state index in [2.05, 4.69) is 0 Å². The number of nitrogens with zero attached hydrogens (tertiary/aromatic N) is 1. The molecule has 166 valence electrons. The van der Waals surface area contributed by atoms with Crippen LogP contribution in [0.5, 0.6) is 0 Å². The molecule has 2 aliphatic rings. The number of amides is 1. The zero-order valence-electron chi connectivity index (χ0n) is 19.6. The number of aryl methyl sites for hydroxylation is 1. The van der Waals surface area contributed by atoms with Crippen LogP contribution in [0.15, 0.2) is 12.1 Å². The Morgan fingerprint density at radius 2 is 1.77 bits per heavy atom. The highest BCUT2D eigenvalue weighted by Gasteiger charge is 2.53. The molecule has 7 heteroatoms. The summed E-state index contributed by atoms with van der Waals surface area (Å²) in [5, 5.41) is 0. The van der Waals surface area contributed by atoms with Gasteiger partial charge in [0.15, 0.2) is 0 Å². The van der Waals surface area contributed by atoms with Gasteiger partial charge in [0.1, 0.15) is 11.4 Å². The summed E-state index contributed by atoms with van der Waals surface area (Å²) in [5.41, 5.74) is 0.338. The van der Waals surface area contributed by atoms with Crippen molar-refractivity contribution in [3.63, 3.8) is 0 Å². The van der Waals surface area contributed by atoms with Gasteiger partial charge in [0.2, 0.25) is 0 Å². The third-order valence-electron chi connectivity index (χ3n) is 6.36. The molecule has 5 nitrogen and oxygen atoms in total. The molecule has 0 aliphatic carbocycles. The predicted molar refractivity (Wildman–Crippen MR) is 116 cm³/mol. The van der Waals surface area contributed by atoms with Crippen LogP contribution in [0.3, 0.4) is 0 Å². The van der Waals surface area contributed by atoms with Crippen molar-refractivity contribution in [3.8, 4) is 0 Å². The normalized spacial score (nSPS) is 23.6. The Balaban J connectivity index is 1.89. The predicted octanol–water partition coefficient (Wildman–Crippen LogP) is 4.90. The molecular weight excluding hydrogens is 384 g/mol. The lowest BCUT2D eigenvalue weighted by atomic mass is 9.74. The summed E-state index contributed by atoms with van der Waals surface area (Å²) in [5.74, 6) is -0.363. The zero-order valence-corrected chi connectivity index (χ0v) is 19.6. The summed E-state index contributed by atoms with van der Waals surface area (Å²) in [6.07, 6.45) is 2.35. The monoisotopic (exact) mass is 419 g/mol. The van der Waals surface area contributed by atoms with Crippen molar-refractivity contribution in [3.05, 3.63) is 29.1 Å². The summed E-state index contributed by atoms with van der Waals surface area (Å²) < 4.78 is 33.0. The molecule has 0 bridgehead atoms. The average Bonchev–Trinajstić information content (AvgIpc) is 2.80. The minimum atomic E-state index is -0.752. The maximum absolute atomic E-state index is 15.3. The second-order valence-electron chi connectivity index (χ2n) is 10.5. The van der Waals surface area contributed by atoms with Crippen LogP contribution in [0.4, 0.5) is 9.18 Å². The van der Waals surface area contributed by atoms with E-state index in [1.807, 2.05) is 61.5 Å². The first-order valence-corrected chi connectivity index (χ1v) is 10.9. The fourth-order valence-electron chi connectivity index (χ4n) is 4.05. The van der Waals surface area contributed by atoms with E-state index < -0.39 is 23.9 Å². The highest BCUT2D eigenvalue weighted by Crippen LogP contribution is 2.38. The largest absolute Gasteiger partial charge is 0.498 e. The van der Waals surface area contributed by atoms with E-state index in [9.17, 15) is 4.79 Å². The van der Waals surface area contributed by atoms with Crippen LogP contribution in [0.25, 0.3) is 0 Å². The summed E-state index contributed by atoms with van der Waals surface area (Å²) in [6, 6.07) is 3.28. The molecule has 1 aromatic rings. The molecule has 1 unspecified atom stereocenters. The van der Waals surface area contributed by atoms with Crippen LogP contribution in [0.1, 0.15) is 84.9 Å². The zero-order chi connectivity index (χ0) is 22.5. The van der Waals surface area contributed by atoms with Gasteiger partial charge >= 0.3 is 13.2 Å². The van der Waals surface area contributed by atoms with Crippen molar-refractivity contribution in [2.75, 3.05) is 6.54 Å². The number of halogens is 1. The number of rotatable bonds is 2. The summed E-state index contributed by atoms with van der Waals surface area (Å²) in [6.45, 7) is 15.9. The van der Waals surface area contributed by atoms with E-state index in [0.717, 1.165) is 30.4 Å². The number of hydrogen-bond acceptors (Lipinski definition) is 4. The van der Waals surface area contributed by atoms with Crippen molar-refractivity contribution < 1.29 is 23.2 Å². The number of likely N-dealkylation sites (tertiary alicyclic amines) is 1. The van der Waals surface area contributed by atoms with Gasteiger partial charge in [0, 0.05) is 12.0 Å². The van der Waals surface area contributed by atoms with Crippen LogP contribution in [0, 0.1) is 12.7 Å². The number of ether oxygens (including phenoxy) is 1. The molecular formula is C23H35BFNO4. The summed E-state index contributed by atoms with van der Waals surface area (Å²) in [4.78, 5) is 14.5. The first-order valence-electron chi connectivity index (χ1n) is 10.9. The molecule has 30 heavy (non-hydrogen) atoms. The van der Waals surface area contributed by atoms with Gasteiger partial charge in [-0.05, 0) is 91.8 Å². The second-order valence-corrected chi connectivity index (χ2v) is 10.5. The SMILES string of the molecule is Cc1cc(C2CCCCN2C(=O)OC(C)(C)C)cc(F)c1B1OC(C)(C)C(C)(C)O1. The van der Waals surface area contributed by atoms with Gasteiger partial charge in [-0.3, -0.25) is 0 Å². The first-order chi connectivity index (χ1) is 13.7. The van der Waals surface area contributed by atoms with Gasteiger partial charge < -0.3 is 18.9 Å². The number of benzene rings is 1. The van der Waals surface area contributed by atoms with Crippen LogP contribution < -0.4 is 5.46 Å². The maximum Gasteiger partial charge on any atom is 0.498 e.